The molecule has 1 aliphatic rings. The lowest BCUT2D eigenvalue weighted by molar-refractivity contribution is -0.142. The van der Waals surface area contributed by atoms with Gasteiger partial charge in [-0.1, -0.05) is 74.5 Å². The van der Waals surface area contributed by atoms with Gasteiger partial charge in [0.05, 0.1) is 17.7 Å². The SMILES string of the molecule is CC(C)c1csc(NC(=O)C2CCC(=O)N(Cc3ccccc3)C2c2ccccc2)n1. The predicted octanol–water partition coefficient (Wildman–Crippen LogP) is 5.39. The summed E-state index contributed by atoms with van der Waals surface area (Å²) in [6.45, 7) is 4.65. The Morgan fingerprint density at radius 3 is 2.45 bits per heavy atom. The van der Waals surface area contributed by atoms with Crippen molar-refractivity contribution in [3.8, 4) is 0 Å². The molecule has 4 rings (SSSR count). The van der Waals surface area contributed by atoms with Gasteiger partial charge in [0.15, 0.2) is 5.13 Å². The topological polar surface area (TPSA) is 62.3 Å². The summed E-state index contributed by atoms with van der Waals surface area (Å²) in [6.07, 6.45) is 0.890. The summed E-state index contributed by atoms with van der Waals surface area (Å²) >= 11 is 1.45. The van der Waals surface area contributed by atoms with Crippen LogP contribution in [-0.4, -0.2) is 21.7 Å². The molecule has 1 N–H and O–H groups in total. The van der Waals surface area contributed by atoms with Crippen LogP contribution in [-0.2, 0) is 16.1 Å². The van der Waals surface area contributed by atoms with Crippen molar-refractivity contribution in [2.45, 2.75) is 45.2 Å². The van der Waals surface area contributed by atoms with E-state index in [9.17, 15) is 9.59 Å². The van der Waals surface area contributed by atoms with Crippen LogP contribution >= 0.6 is 11.3 Å². The fourth-order valence-corrected chi connectivity index (χ4v) is 4.94. The number of benzene rings is 2. The molecule has 6 heteroatoms. The van der Waals surface area contributed by atoms with Crippen molar-refractivity contribution in [1.82, 2.24) is 9.88 Å². The molecule has 3 aromatic rings. The van der Waals surface area contributed by atoms with Crippen molar-refractivity contribution in [2.24, 2.45) is 5.92 Å². The van der Waals surface area contributed by atoms with E-state index in [2.05, 4.69) is 24.1 Å². The van der Waals surface area contributed by atoms with E-state index in [1.165, 1.54) is 11.3 Å². The Balaban J connectivity index is 1.63. The van der Waals surface area contributed by atoms with Gasteiger partial charge in [0.2, 0.25) is 11.8 Å². The molecule has 2 amide bonds. The summed E-state index contributed by atoms with van der Waals surface area (Å²) in [7, 11) is 0. The highest BCUT2D eigenvalue weighted by Crippen LogP contribution is 2.38. The molecule has 2 heterocycles. The lowest BCUT2D eigenvalue weighted by Crippen LogP contribution is -2.46. The number of carbonyl (C=O) groups is 2. The third kappa shape index (κ3) is 4.85. The van der Waals surface area contributed by atoms with Gasteiger partial charge >= 0.3 is 0 Å². The standard InChI is InChI=1S/C25H27N3O2S/c1-17(2)21-16-31-25(26-21)27-24(30)20-13-14-22(29)28(15-18-9-5-3-6-10-18)23(20)19-11-7-4-8-12-19/h3-12,16-17,20,23H,13-15H2,1-2H3,(H,26,27,30). The van der Waals surface area contributed by atoms with Crippen LogP contribution in [0.1, 0.15) is 55.5 Å². The van der Waals surface area contributed by atoms with Crippen LogP contribution in [0.5, 0.6) is 0 Å². The van der Waals surface area contributed by atoms with Gasteiger partial charge in [-0.3, -0.25) is 9.59 Å². The summed E-state index contributed by atoms with van der Waals surface area (Å²) in [6, 6.07) is 19.5. The number of anilines is 1. The van der Waals surface area contributed by atoms with Gasteiger partial charge in [-0.25, -0.2) is 4.98 Å². The molecule has 2 aromatic carbocycles. The van der Waals surface area contributed by atoms with Crippen molar-refractivity contribution >= 4 is 28.3 Å². The Morgan fingerprint density at radius 2 is 1.81 bits per heavy atom. The van der Waals surface area contributed by atoms with E-state index < -0.39 is 0 Å². The molecule has 0 bridgehead atoms. The van der Waals surface area contributed by atoms with Crippen LogP contribution in [0.15, 0.2) is 66.0 Å². The summed E-state index contributed by atoms with van der Waals surface area (Å²) in [5.41, 5.74) is 3.01. The zero-order chi connectivity index (χ0) is 21.8. The maximum Gasteiger partial charge on any atom is 0.231 e. The van der Waals surface area contributed by atoms with E-state index in [0.717, 1.165) is 16.8 Å². The average molecular weight is 434 g/mol. The van der Waals surface area contributed by atoms with Crippen molar-refractivity contribution in [1.29, 1.82) is 0 Å². The third-order valence-electron chi connectivity index (χ3n) is 5.72. The highest BCUT2D eigenvalue weighted by molar-refractivity contribution is 7.13. The summed E-state index contributed by atoms with van der Waals surface area (Å²) < 4.78 is 0. The fourth-order valence-electron chi connectivity index (χ4n) is 4.06. The molecule has 5 nitrogen and oxygen atoms in total. The van der Waals surface area contributed by atoms with E-state index in [4.69, 9.17) is 0 Å². The first-order valence-electron chi connectivity index (χ1n) is 10.7. The van der Waals surface area contributed by atoms with Gasteiger partial charge in [-0.15, -0.1) is 11.3 Å². The number of carbonyl (C=O) groups excluding carboxylic acids is 2. The molecular weight excluding hydrogens is 406 g/mol. The molecule has 31 heavy (non-hydrogen) atoms. The first-order valence-corrected chi connectivity index (χ1v) is 11.6. The van der Waals surface area contributed by atoms with Gasteiger partial charge in [-0.2, -0.15) is 0 Å². The second-order valence-corrected chi connectivity index (χ2v) is 9.09. The maximum atomic E-state index is 13.4. The summed E-state index contributed by atoms with van der Waals surface area (Å²) in [4.78, 5) is 32.7. The van der Waals surface area contributed by atoms with Crippen molar-refractivity contribution in [2.75, 3.05) is 5.32 Å². The highest BCUT2D eigenvalue weighted by atomic mass is 32.1. The highest BCUT2D eigenvalue weighted by Gasteiger charge is 2.40. The number of nitrogens with zero attached hydrogens (tertiary/aromatic N) is 2. The first kappa shape index (κ1) is 21.2. The van der Waals surface area contributed by atoms with E-state index in [0.29, 0.717) is 30.4 Å². The van der Waals surface area contributed by atoms with Gasteiger partial charge in [-0.05, 0) is 23.5 Å². The number of amides is 2. The molecule has 160 valence electrons. The van der Waals surface area contributed by atoms with Crippen LogP contribution in [0, 0.1) is 5.92 Å². The van der Waals surface area contributed by atoms with Gasteiger partial charge in [0.25, 0.3) is 0 Å². The fraction of sp³-hybridized carbons (Fsp3) is 0.320. The molecule has 1 fully saturated rings. The molecule has 1 aliphatic heterocycles. The van der Waals surface area contributed by atoms with E-state index in [-0.39, 0.29) is 23.8 Å². The molecule has 0 saturated carbocycles. The summed E-state index contributed by atoms with van der Waals surface area (Å²) in [5.74, 6) is -0.0231. The van der Waals surface area contributed by atoms with Gasteiger partial charge in [0, 0.05) is 18.3 Å². The Hall–Kier alpha value is -2.99. The lowest BCUT2D eigenvalue weighted by Gasteiger charge is -2.41. The third-order valence-corrected chi connectivity index (χ3v) is 6.50. The Kier molecular flexibility index (Phi) is 6.47. The number of thiazole rings is 1. The van der Waals surface area contributed by atoms with Crippen molar-refractivity contribution < 1.29 is 9.59 Å². The normalized spacial score (nSPS) is 18.9. The molecule has 0 radical (unpaired) electrons. The quantitative estimate of drug-likeness (QED) is 0.567. The maximum absolute atomic E-state index is 13.4. The minimum absolute atomic E-state index is 0.0796. The van der Waals surface area contributed by atoms with Gasteiger partial charge < -0.3 is 10.2 Å². The first-order chi connectivity index (χ1) is 15.0. The van der Waals surface area contributed by atoms with E-state index in [1.54, 1.807) is 0 Å². The number of likely N-dealkylation sites (tertiary alicyclic amines) is 1. The average Bonchev–Trinajstić information content (AvgIpc) is 3.25. The minimum Gasteiger partial charge on any atom is -0.331 e. The summed E-state index contributed by atoms with van der Waals surface area (Å²) in [5, 5.41) is 5.62. The van der Waals surface area contributed by atoms with Crippen molar-refractivity contribution in [3.05, 3.63) is 82.9 Å². The molecule has 0 aliphatic carbocycles. The largest absolute Gasteiger partial charge is 0.331 e. The van der Waals surface area contributed by atoms with Crippen LogP contribution < -0.4 is 5.32 Å². The lowest BCUT2D eigenvalue weighted by atomic mass is 9.83. The zero-order valence-corrected chi connectivity index (χ0v) is 18.6. The number of piperidine rings is 1. The molecular formula is C25H27N3O2S. The van der Waals surface area contributed by atoms with Crippen molar-refractivity contribution in [3.63, 3.8) is 0 Å². The monoisotopic (exact) mass is 433 g/mol. The zero-order valence-electron chi connectivity index (χ0n) is 17.8. The Morgan fingerprint density at radius 1 is 1.13 bits per heavy atom. The van der Waals surface area contributed by atoms with E-state index in [1.807, 2.05) is 70.9 Å². The second-order valence-electron chi connectivity index (χ2n) is 8.23. The van der Waals surface area contributed by atoms with Crippen LogP contribution in [0.25, 0.3) is 0 Å². The van der Waals surface area contributed by atoms with E-state index >= 15 is 0 Å². The van der Waals surface area contributed by atoms with Crippen LogP contribution in [0.4, 0.5) is 5.13 Å². The number of hydrogen-bond acceptors (Lipinski definition) is 4. The molecule has 1 aromatic heterocycles. The minimum atomic E-state index is -0.338. The predicted molar refractivity (Wildman–Crippen MR) is 124 cm³/mol. The van der Waals surface area contributed by atoms with Gasteiger partial charge in [0.1, 0.15) is 0 Å². The number of aromatic nitrogens is 1. The molecule has 1 saturated heterocycles. The van der Waals surface area contributed by atoms with Crippen LogP contribution in [0.2, 0.25) is 0 Å². The molecule has 2 unspecified atom stereocenters. The smallest absolute Gasteiger partial charge is 0.231 e. The Bertz CT molecular complexity index is 1030. The molecule has 2 atom stereocenters. The number of nitrogens with one attached hydrogen (secondary N) is 1. The Labute approximate surface area is 187 Å². The van der Waals surface area contributed by atoms with Crippen LogP contribution in [0.3, 0.4) is 0 Å². The number of rotatable bonds is 6. The second kappa shape index (κ2) is 9.43. The number of hydrogen-bond donors (Lipinski definition) is 1. The molecule has 0 spiro atoms.